The second kappa shape index (κ2) is 11.0. The van der Waals surface area contributed by atoms with E-state index < -0.39 is 8.80 Å². The van der Waals surface area contributed by atoms with Crippen molar-refractivity contribution >= 4 is 45.5 Å². The van der Waals surface area contributed by atoms with Crippen molar-refractivity contribution < 1.29 is 13.3 Å². The molecule has 0 N–H and O–H groups in total. The lowest BCUT2D eigenvalue weighted by molar-refractivity contribution is 0.127. The van der Waals surface area contributed by atoms with Crippen LogP contribution in [0.3, 0.4) is 0 Å². The summed E-state index contributed by atoms with van der Waals surface area (Å²) in [6.07, 6.45) is 7.42. The van der Waals surface area contributed by atoms with Crippen LogP contribution in [0.1, 0.15) is 0 Å². The van der Waals surface area contributed by atoms with Crippen molar-refractivity contribution in [2.75, 3.05) is 21.3 Å². The number of hydrogen-bond donors (Lipinski definition) is 0. The lowest BCUT2D eigenvalue weighted by Crippen LogP contribution is -2.42. The van der Waals surface area contributed by atoms with Crippen LogP contribution in [-0.4, -0.2) is 43.8 Å². The van der Waals surface area contributed by atoms with E-state index in [1.807, 2.05) is 25.9 Å². The van der Waals surface area contributed by atoms with Crippen LogP contribution in [0.25, 0.3) is 0 Å². The number of nitrogens with zero attached hydrogens (tertiary/aromatic N) is 3. The highest BCUT2D eigenvalue weighted by molar-refractivity contribution is 7.72. The van der Waals surface area contributed by atoms with E-state index in [9.17, 15) is 0 Å². The van der Waals surface area contributed by atoms with Crippen LogP contribution in [0, 0.1) is 14.3 Å². The highest BCUT2D eigenvalue weighted by Crippen LogP contribution is 2.13. The molecule has 0 aliphatic heterocycles. The Kier molecular flexibility index (Phi) is 9.72. The van der Waals surface area contributed by atoms with Gasteiger partial charge in [0.2, 0.25) is 0 Å². The molecule has 144 valence electrons. The fourth-order valence-electron chi connectivity index (χ4n) is 2.32. The van der Waals surface area contributed by atoms with E-state index in [0.717, 1.165) is 0 Å². The summed E-state index contributed by atoms with van der Waals surface area (Å²) < 4.78 is 23.4. The largest absolute Gasteiger partial charge is 0.504 e. The fourth-order valence-corrected chi connectivity index (χ4v) is 4.91. The molecule has 1 heterocycles. The van der Waals surface area contributed by atoms with Gasteiger partial charge in [0.05, 0.1) is 0 Å². The van der Waals surface area contributed by atoms with Gasteiger partial charge in [-0.2, -0.15) is 0 Å². The molecule has 1 rings (SSSR count). The highest BCUT2D eigenvalue weighted by atomic mass is 32.1. The van der Waals surface area contributed by atoms with Crippen molar-refractivity contribution in [2.24, 2.45) is 0 Å². The molecule has 26 heavy (non-hydrogen) atoms. The van der Waals surface area contributed by atoms with E-state index in [2.05, 4.69) is 13.2 Å². The lowest BCUT2D eigenvalue weighted by atomic mass is 10.5. The van der Waals surface area contributed by atoms with E-state index >= 15 is 0 Å². The van der Waals surface area contributed by atoms with Crippen LogP contribution < -0.4 is 0 Å². The molecule has 1 aromatic rings. The van der Waals surface area contributed by atoms with Gasteiger partial charge in [-0.05, 0) is 36.7 Å². The van der Waals surface area contributed by atoms with Crippen LogP contribution in [0.5, 0.6) is 0 Å². The first-order valence-electron chi connectivity index (χ1n) is 7.88. The zero-order valence-corrected chi connectivity index (χ0v) is 18.8. The van der Waals surface area contributed by atoms with Gasteiger partial charge in [-0.3, -0.25) is 13.7 Å². The maximum absolute atomic E-state index is 5.57. The van der Waals surface area contributed by atoms with Crippen molar-refractivity contribution in [3.05, 3.63) is 51.8 Å². The van der Waals surface area contributed by atoms with E-state index in [-0.39, 0.29) is 0 Å². The Labute approximate surface area is 171 Å². The minimum Gasteiger partial charge on any atom is -0.377 e. The molecule has 0 aliphatic carbocycles. The van der Waals surface area contributed by atoms with Gasteiger partial charge in [0.15, 0.2) is 14.3 Å². The van der Waals surface area contributed by atoms with Gasteiger partial charge >= 0.3 is 8.80 Å². The minimum absolute atomic E-state index is 0.503. The Morgan fingerprint density at radius 3 is 1.50 bits per heavy atom. The van der Waals surface area contributed by atoms with Gasteiger partial charge in [-0.1, -0.05) is 24.3 Å². The quantitative estimate of drug-likeness (QED) is 0.299. The fraction of sp³-hybridized carbons (Fsp3) is 0.438. The van der Waals surface area contributed by atoms with Crippen molar-refractivity contribution in [3.8, 4) is 0 Å². The van der Waals surface area contributed by atoms with Crippen LogP contribution in [0.4, 0.5) is 0 Å². The molecule has 10 heteroatoms. The van der Waals surface area contributed by atoms with Gasteiger partial charge in [0.25, 0.3) is 0 Å². The van der Waals surface area contributed by atoms with Crippen LogP contribution in [0.15, 0.2) is 37.5 Å². The number of hydrogen-bond acceptors (Lipinski definition) is 6. The van der Waals surface area contributed by atoms with Crippen LogP contribution >= 0.6 is 36.7 Å². The summed E-state index contributed by atoms with van der Waals surface area (Å²) in [6, 6.07) is 0.551. The summed E-state index contributed by atoms with van der Waals surface area (Å²) >= 11 is 16.7. The Bertz CT molecular complexity index is 781. The lowest BCUT2D eigenvalue weighted by Gasteiger charge is -2.22. The van der Waals surface area contributed by atoms with E-state index in [0.29, 0.717) is 40.0 Å². The van der Waals surface area contributed by atoms with Gasteiger partial charge in [0.1, 0.15) is 0 Å². The third-order valence-electron chi connectivity index (χ3n) is 3.76. The summed E-state index contributed by atoms with van der Waals surface area (Å²) in [6.45, 7) is 9.07. The third kappa shape index (κ3) is 5.25. The van der Waals surface area contributed by atoms with Crippen molar-refractivity contribution in [1.29, 1.82) is 0 Å². The van der Waals surface area contributed by atoms with Gasteiger partial charge in [-0.25, -0.2) is 0 Å². The molecule has 0 saturated heterocycles. The summed E-state index contributed by atoms with van der Waals surface area (Å²) in [5.41, 5.74) is 0. The van der Waals surface area contributed by atoms with E-state index in [1.54, 1.807) is 33.5 Å². The standard InChI is InChI=1S/C16H25N3O3S3Si/c1-6-10-17-14(23)18(11-7-2)16(25)19(15(17)24)12-8-9-13-26(20-3,21-4)22-5/h6-9H,1-2,10-13H2,3-5H3. The van der Waals surface area contributed by atoms with Crippen LogP contribution in [0.2, 0.25) is 6.04 Å². The minimum atomic E-state index is -2.64. The normalized spacial score (nSPS) is 11.8. The molecular formula is C16H25N3O3S3Si. The topological polar surface area (TPSA) is 42.5 Å². The first-order valence-corrected chi connectivity index (χ1v) is 11.0. The van der Waals surface area contributed by atoms with Crippen LogP contribution in [-0.2, 0) is 32.9 Å². The zero-order chi connectivity index (χ0) is 19.7. The molecule has 0 radical (unpaired) electrons. The second-order valence-corrected chi connectivity index (χ2v) is 9.32. The van der Waals surface area contributed by atoms with Crippen molar-refractivity contribution in [2.45, 2.75) is 25.7 Å². The molecule has 6 nitrogen and oxygen atoms in total. The number of allylic oxidation sites excluding steroid dienone is 4. The van der Waals surface area contributed by atoms with Gasteiger partial charge in [0, 0.05) is 47.0 Å². The average Bonchev–Trinajstić information content (AvgIpc) is 2.65. The van der Waals surface area contributed by atoms with Crippen molar-refractivity contribution in [3.63, 3.8) is 0 Å². The first kappa shape index (κ1) is 23.0. The van der Waals surface area contributed by atoms with Crippen molar-refractivity contribution in [1.82, 2.24) is 13.7 Å². The molecule has 1 aromatic heterocycles. The van der Waals surface area contributed by atoms with Gasteiger partial charge in [-0.15, -0.1) is 13.2 Å². The maximum atomic E-state index is 5.57. The number of aromatic nitrogens is 3. The summed E-state index contributed by atoms with van der Waals surface area (Å²) in [4.78, 5) is 0. The monoisotopic (exact) mass is 431 g/mol. The molecule has 0 fully saturated rings. The molecule has 0 amide bonds. The zero-order valence-electron chi connectivity index (χ0n) is 15.3. The molecule has 0 saturated carbocycles. The summed E-state index contributed by atoms with van der Waals surface area (Å²) in [5.74, 6) is 0. The molecular weight excluding hydrogens is 406 g/mol. The molecule has 0 atom stereocenters. The smallest absolute Gasteiger partial charge is 0.377 e. The SMILES string of the molecule is C=CCn1c(=S)n(CC=C)c(=S)n(CC=CC[Si](OC)(OC)OC)c1=S. The average molecular weight is 432 g/mol. The predicted octanol–water partition coefficient (Wildman–Crippen LogP) is 4.09. The second-order valence-electron chi connectivity index (χ2n) is 5.23. The Hall–Kier alpha value is -1.01. The van der Waals surface area contributed by atoms with E-state index in [4.69, 9.17) is 49.9 Å². The summed E-state index contributed by atoms with van der Waals surface area (Å²) in [5, 5.41) is 0. The predicted molar refractivity (Wildman–Crippen MR) is 114 cm³/mol. The number of rotatable bonds is 11. The first-order chi connectivity index (χ1) is 12.4. The molecule has 0 bridgehead atoms. The third-order valence-corrected chi connectivity index (χ3v) is 7.69. The molecule has 0 aromatic carbocycles. The summed E-state index contributed by atoms with van der Waals surface area (Å²) in [7, 11) is 2.12. The maximum Gasteiger partial charge on any atom is 0.504 e. The Morgan fingerprint density at radius 2 is 1.15 bits per heavy atom. The Morgan fingerprint density at radius 1 is 0.769 bits per heavy atom. The molecule has 0 spiro atoms. The Balaban J connectivity index is 3.24. The molecule has 0 aliphatic rings. The van der Waals surface area contributed by atoms with Gasteiger partial charge < -0.3 is 13.3 Å². The molecule has 0 unspecified atom stereocenters. The highest BCUT2D eigenvalue weighted by Gasteiger charge is 2.35. The van der Waals surface area contributed by atoms with E-state index in [1.165, 1.54) is 0 Å².